The van der Waals surface area contributed by atoms with Crippen molar-refractivity contribution in [1.29, 1.82) is 0 Å². The standard InChI is InChI=1S/C16H21FN4/c1-5-14-19-15(18-6-2)11(3)16(20-14)21(4)13-10-8-7-9-12(13)17/h7-10H,5-6H2,1-4H3,(H,18,19,20). The van der Waals surface area contributed by atoms with Crippen molar-refractivity contribution in [2.24, 2.45) is 0 Å². The Morgan fingerprint density at radius 1 is 1.19 bits per heavy atom. The molecule has 0 spiro atoms. The highest BCUT2D eigenvalue weighted by Crippen LogP contribution is 2.30. The number of benzene rings is 1. The topological polar surface area (TPSA) is 41.1 Å². The van der Waals surface area contributed by atoms with Gasteiger partial charge < -0.3 is 10.2 Å². The number of rotatable bonds is 5. The molecule has 0 saturated heterocycles. The summed E-state index contributed by atoms with van der Waals surface area (Å²) in [5, 5.41) is 3.24. The van der Waals surface area contributed by atoms with Crippen molar-refractivity contribution in [2.45, 2.75) is 27.2 Å². The second-order valence-corrected chi connectivity index (χ2v) is 4.83. The summed E-state index contributed by atoms with van der Waals surface area (Å²) in [5.41, 5.74) is 1.42. The molecule has 4 nitrogen and oxygen atoms in total. The molecule has 0 fully saturated rings. The zero-order valence-corrected chi connectivity index (χ0v) is 12.9. The van der Waals surface area contributed by atoms with Crippen LogP contribution in [0.3, 0.4) is 0 Å². The van der Waals surface area contributed by atoms with Crippen LogP contribution in [-0.2, 0) is 6.42 Å². The third kappa shape index (κ3) is 3.12. The van der Waals surface area contributed by atoms with E-state index in [1.165, 1.54) is 6.07 Å². The molecule has 1 heterocycles. The van der Waals surface area contributed by atoms with Crippen LogP contribution in [0.25, 0.3) is 0 Å². The fourth-order valence-electron chi connectivity index (χ4n) is 2.21. The van der Waals surface area contributed by atoms with Gasteiger partial charge in [-0.1, -0.05) is 19.1 Å². The molecular formula is C16H21FN4. The highest BCUT2D eigenvalue weighted by molar-refractivity contribution is 5.67. The fourth-order valence-corrected chi connectivity index (χ4v) is 2.21. The second-order valence-electron chi connectivity index (χ2n) is 4.83. The maximum absolute atomic E-state index is 14.0. The van der Waals surface area contributed by atoms with Gasteiger partial charge >= 0.3 is 0 Å². The molecule has 0 saturated carbocycles. The number of anilines is 3. The first-order valence-corrected chi connectivity index (χ1v) is 7.18. The van der Waals surface area contributed by atoms with Crippen molar-refractivity contribution in [2.75, 3.05) is 23.8 Å². The summed E-state index contributed by atoms with van der Waals surface area (Å²) in [5.74, 6) is 2.02. The Morgan fingerprint density at radius 3 is 2.52 bits per heavy atom. The number of hydrogen-bond donors (Lipinski definition) is 1. The third-order valence-electron chi connectivity index (χ3n) is 3.36. The number of hydrogen-bond acceptors (Lipinski definition) is 4. The molecule has 0 aliphatic carbocycles. The third-order valence-corrected chi connectivity index (χ3v) is 3.36. The minimum absolute atomic E-state index is 0.263. The molecule has 1 aromatic carbocycles. The summed E-state index contributed by atoms with van der Waals surface area (Å²) in [6.45, 7) is 6.76. The molecule has 0 radical (unpaired) electrons. The molecule has 0 unspecified atom stereocenters. The van der Waals surface area contributed by atoms with Gasteiger partial charge in [-0.05, 0) is 26.0 Å². The predicted molar refractivity (Wildman–Crippen MR) is 84.8 cm³/mol. The Balaban J connectivity index is 2.52. The second kappa shape index (κ2) is 6.52. The lowest BCUT2D eigenvalue weighted by molar-refractivity contribution is 0.627. The van der Waals surface area contributed by atoms with Gasteiger partial charge in [-0.3, -0.25) is 0 Å². The van der Waals surface area contributed by atoms with E-state index in [9.17, 15) is 4.39 Å². The van der Waals surface area contributed by atoms with Crippen LogP contribution in [0.4, 0.5) is 21.7 Å². The van der Waals surface area contributed by atoms with Crippen LogP contribution in [0.1, 0.15) is 25.2 Å². The van der Waals surface area contributed by atoms with Gasteiger partial charge in [0.2, 0.25) is 0 Å². The lowest BCUT2D eigenvalue weighted by Gasteiger charge is -2.23. The van der Waals surface area contributed by atoms with Gasteiger partial charge in [0.15, 0.2) is 0 Å². The summed E-state index contributed by atoms with van der Waals surface area (Å²) in [6, 6.07) is 6.70. The van der Waals surface area contributed by atoms with Crippen molar-refractivity contribution < 1.29 is 4.39 Å². The van der Waals surface area contributed by atoms with E-state index in [1.54, 1.807) is 17.0 Å². The van der Waals surface area contributed by atoms with Crippen LogP contribution in [0.15, 0.2) is 24.3 Å². The Bertz CT molecular complexity index is 628. The van der Waals surface area contributed by atoms with E-state index in [1.807, 2.05) is 33.9 Å². The number of aromatic nitrogens is 2. The van der Waals surface area contributed by atoms with Crippen molar-refractivity contribution in [3.05, 3.63) is 41.5 Å². The van der Waals surface area contributed by atoms with E-state index in [0.717, 1.165) is 36.0 Å². The molecule has 112 valence electrons. The van der Waals surface area contributed by atoms with Crippen LogP contribution in [0.5, 0.6) is 0 Å². The molecule has 0 amide bonds. The van der Waals surface area contributed by atoms with Crippen LogP contribution in [0, 0.1) is 12.7 Å². The van der Waals surface area contributed by atoms with Crippen LogP contribution in [0.2, 0.25) is 0 Å². The minimum atomic E-state index is -0.263. The smallest absolute Gasteiger partial charge is 0.146 e. The van der Waals surface area contributed by atoms with E-state index >= 15 is 0 Å². The molecule has 2 aromatic rings. The monoisotopic (exact) mass is 288 g/mol. The van der Waals surface area contributed by atoms with Gasteiger partial charge in [0, 0.05) is 25.6 Å². The Hall–Kier alpha value is -2.17. The minimum Gasteiger partial charge on any atom is -0.370 e. The van der Waals surface area contributed by atoms with Crippen LogP contribution >= 0.6 is 0 Å². The Kier molecular flexibility index (Phi) is 4.73. The molecule has 1 aromatic heterocycles. The number of nitrogens with zero attached hydrogens (tertiary/aromatic N) is 3. The summed E-state index contributed by atoms with van der Waals surface area (Å²) < 4.78 is 14.0. The number of nitrogens with one attached hydrogen (secondary N) is 1. The molecule has 0 atom stereocenters. The van der Waals surface area contributed by atoms with E-state index in [0.29, 0.717) is 5.69 Å². The van der Waals surface area contributed by atoms with E-state index in [2.05, 4.69) is 15.3 Å². The van der Waals surface area contributed by atoms with Crippen LogP contribution in [-0.4, -0.2) is 23.6 Å². The summed E-state index contributed by atoms with van der Waals surface area (Å²) in [7, 11) is 1.82. The average Bonchev–Trinajstić information content (AvgIpc) is 2.49. The normalized spacial score (nSPS) is 10.5. The first-order chi connectivity index (χ1) is 10.1. The van der Waals surface area contributed by atoms with Crippen molar-refractivity contribution in [3.8, 4) is 0 Å². The van der Waals surface area contributed by atoms with Gasteiger partial charge in [0.1, 0.15) is 23.3 Å². The Labute approximate surface area is 125 Å². The quantitative estimate of drug-likeness (QED) is 0.911. The first kappa shape index (κ1) is 15.2. The van der Waals surface area contributed by atoms with Crippen molar-refractivity contribution in [3.63, 3.8) is 0 Å². The van der Waals surface area contributed by atoms with Gasteiger partial charge in [-0.15, -0.1) is 0 Å². The molecule has 0 bridgehead atoms. The molecule has 1 N–H and O–H groups in total. The zero-order chi connectivity index (χ0) is 15.4. The lowest BCUT2D eigenvalue weighted by Crippen LogP contribution is -2.17. The SMILES string of the molecule is CCNc1nc(CC)nc(N(C)c2ccccc2F)c1C. The highest BCUT2D eigenvalue weighted by atomic mass is 19.1. The van der Waals surface area contributed by atoms with E-state index < -0.39 is 0 Å². The van der Waals surface area contributed by atoms with E-state index in [4.69, 9.17) is 0 Å². The van der Waals surface area contributed by atoms with Gasteiger partial charge in [0.25, 0.3) is 0 Å². The molecule has 2 rings (SSSR count). The van der Waals surface area contributed by atoms with Gasteiger partial charge in [0.05, 0.1) is 5.69 Å². The molecular weight excluding hydrogens is 267 g/mol. The fraction of sp³-hybridized carbons (Fsp3) is 0.375. The molecule has 21 heavy (non-hydrogen) atoms. The van der Waals surface area contributed by atoms with Crippen LogP contribution < -0.4 is 10.2 Å². The summed E-state index contributed by atoms with van der Waals surface area (Å²) in [4.78, 5) is 10.8. The van der Waals surface area contributed by atoms with Crippen molar-refractivity contribution in [1.82, 2.24) is 9.97 Å². The molecule has 0 aliphatic rings. The average molecular weight is 288 g/mol. The predicted octanol–water partition coefficient (Wildman–Crippen LogP) is 3.69. The number of para-hydroxylation sites is 1. The Morgan fingerprint density at radius 2 is 1.90 bits per heavy atom. The molecule has 5 heteroatoms. The maximum Gasteiger partial charge on any atom is 0.146 e. The largest absolute Gasteiger partial charge is 0.370 e. The van der Waals surface area contributed by atoms with Gasteiger partial charge in [-0.2, -0.15) is 0 Å². The lowest BCUT2D eigenvalue weighted by atomic mass is 10.2. The first-order valence-electron chi connectivity index (χ1n) is 7.18. The zero-order valence-electron chi connectivity index (χ0n) is 12.9. The summed E-state index contributed by atoms with van der Waals surface area (Å²) in [6.07, 6.45) is 0.733. The van der Waals surface area contributed by atoms with E-state index in [-0.39, 0.29) is 5.82 Å². The number of aryl methyl sites for hydroxylation is 1. The van der Waals surface area contributed by atoms with Gasteiger partial charge in [-0.25, -0.2) is 14.4 Å². The maximum atomic E-state index is 14.0. The number of halogens is 1. The van der Waals surface area contributed by atoms with Crippen molar-refractivity contribution >= 4 is 17.3 Å². The summed E-state index contributed by atoms with van der Waals surface area (Å²) >= 11 is 0. The molecule has 0 aliphatic heterocycles. The highest BCUT2D eigenvalue weighted by Gasteiger charge is 2.16.